The van der Waals surface area contributed by atoms with Crippen molar-refractivity contribution in [3.05, 3.63) is 64.6 Å². The first kappa shape index (κ1) is 19.3. The van der Waals surface area contributed by atoms with Crippen LogP contribution in [-0.4, -0.2) is 36.1 Å². The molecule has 5 aliphatic rings. The van der Waals surface area contributed by atoms with E-state index in [1.807, 2.05) is 12.1 Å². The Balaban J connectivity index is 1.12. The van der Waals surface area contributed by atoms with Crippen LogP contribution in [0.25, 0.3) is 5.57 Å². The lowest BCUT2D eigenvalue weighted by Gasteiger charge is -2.36. The topological polar surface area (TPSA) is 44.4 Å². The second kappa shape index (κ2) is 7.33. The summed E-state index contributed by atoms with van der Waals surface area (Å²) in [4.78, 5) is 15.3. The summed E-state index contributed by atoms with van der Waals surface area (Å²) < 4.78 is 13.2. The molecule has 1 saturated carbocycles. The van der Waals surface area contributed by atoms with Gasteiger partial charge in [0.15, 0.2) is 0 Å². The number of allylic oxidation sites excluding steroid dienone is 1. The summed E-state index contributed by atoms with van der Waals surface area (Å²) in [6, 6.07) is 7.26. The molecule has 31 heavy (non-hydrogen) atoms. The minimum atomic E-state index is -0.183. The molecule has 1 aromatic carbocycles. The van der Waals surface area contributed by atoms with Crippen molar-refractivity contribution >= 4 is 11.5 Å². The predicted octanol–water partition coefficient (Wildman–Crippen LogP) is 4.27. The van der Waals surface area contributed by atoms with Gasteiger partial charge in [0, 0.05) is 30.4 Å². The van der Waals surface area contributed by atoms with E-state index < -0.39 is 0 Å². The first-order valence-corrected chi connectivity index (χ1v) is 11.8. The summed E-state index contributed by atoms with van der Waals surface area (Å²) in [5.41, 5.74) is 6.43. The number of hydrogen-bond acceptors (Lipinski definition) is 3. The smallest absolute Gasteiger partial charge is 0.250 e. The maximum absolute atomic E-state index is 13.2. The van der Waals surface area contributed by atoms with E-state index in [4.69, 9.17) is 0 Å². The van der Waals surface area contributed by atoms with Gasteiger partial charge in [-0.25, -0.2) is 4.39 Å². The lowest BCUT2D eigenvalue weighted by Crippen LogP contribution is -2.52. The molecule has 3 aliphatic carbocycles. The standard InChI is InChI=1S/C26H30FN3O/c27-20-4-1-17(2-5-20)18-8-13-30(14-9-18)21-6-3-19(15-21)24-28-23-7-10-26(11-12-26)16-22(23)25(31)29-24/h1-2,4-5,8,15,21,24,28H,3,6-7,9-14,16H2,(H,29,31)/t21?,24-/m0/s1. The third-order valence-electron chi connectivity index (χ3n) is 8.08. The van der Waals surface area contributed by atoms with Crippen molar-refractivity contribution < 1.29 is 9.18 Å². The van der Waals surface area contributed by atoms with Gasteiger partial charge in [-0.2, -0.15) is 0 Å². The molecule has 0 aromatic heterocycles. The second-order valence-corrected chi connectivity index (χ2v) is 10.0. The third kappa shape index (κ3) is 3.63. The zero-order valence-electron chi connectivity index (χ0n) is 17.9. The van der Waals surface area contributed by atoms with Crippen LogP contribution in [0.3, 0.4) is 0 Å². The van der Waals surface area contributed by atoms with Gasteiger partial charge in [0.05, 0.1) is 0 Å². The van der Waals surface area contributed by atoms with Gasteiger partial charge in [-0.05, 0) is 85.6 Å². The number of rotatable bonds is 3. The van der Waals surface area contributed by atoms with Crippen LogP contribution in [0.15, 0.2) is 53.3 Å². The van der Waals surface area contributed by atoms with Crippen LogP contribution >= 0.6 is 0 Å². The van der Waals surface area contributed by atoms with Gasteiger partial charge in [0.1, 0.15) is 12.0 Å². The highest BCUT2D eigenvalue weighted by molar-refractivity contribution is 5.96. The zero-order chi connectivity index (χ0) is 21.0. The molecule has 2 N–H and O–H groups in total. The predicted molar refractivity (Wildman–Crippen MR) is 119 cm³/mol. The molecule has 6 rings (SSSR count). The highest BCUT2D eigenvalue weighted by atomic mass is 19.1. The molecule has 1 spiro atoms. The number of hydrogen-bond donors (Lipinski definition) is 2. The minimum Gasteiger partial charge on any atom is -0.365 e. The van der Waals surface area contributed by atoms with Gasteiger partial charge >= 0.3 is 0 Å². The van der Waals surface area contributed by atoms with Gasteiger partial charge in [-0.3, -0.25) is 9.69 Å². The molecule has 4 nitrogen and oxygen atoms in total. The maximum atomic E-state index is 13.2. The SMILES string of the molecule is O=C1N[C@@H](C2=CC(N3CC=C(c4ccc(F)cc4)CC3)CC2)NC2=C1CC1(CC2)CC1. The van der Waals surface area contributed by atoms with Crippen LogP contribution in [0.5, 0.6) is 0 Å². The van der Waals surface area contributed by atoms with Crippen LogP contribution in [0.2, 0.25) is 0 Å². The van der Waals surface area contributed by atoms with Crippen molar-refractivity contribution in [1.82, 2.24) is 15.5 Å². The molecule has 5 heteroatoms. The molecule has 162 valence electrons. The first-order valence-electron chi connectivity index (χ1n) is 11.8. The first-order chi connectivity index (χ1) is 15.1. The molecular weight excluding hydrogens is 389 g/mol. The Morgan fingerprint density at radius 2 is 1.87 bits per heavy atom. The molecular formula is C26H30FN3O. The number of nitrogens with zero attached hydrogens (tertiary/aromatic N) is 1. The molecule has 1 amide bonds. The molecule has 0 bridgehead atoms. The number of carbonyl (C=O) groups excluding carboxylic acids is 1. The van der Waals surface area contributed by atoms with Crippen LogP contribution in [-0.2, 0) is 4.79 Å². The van der Waals surface area contributed by atoms with Gasteiger partial charge in [0.25, 0.3) is 5.91 Å². The van der Waals surface area contributed by atoms with E-state index in [0.717, 1.165) is 56.3 Å². The van der Waals surface area contributed by atoms with E-state index in [1.165, 1.54) is 48.2 Å². The van der Waals surface area contributed by atoms with Crippen molar-refractivity contribution in [2.45, 2.75) is 63.6 Å². The fourth-order valence-electron chi connectivity index (χ4n) is 5.87. The lowest BCUT2D eigenvalue weighted by atomic mass is 9.82. The largest absolute Gasteiger partial charge is 0.365 e. The van der Waals surface area contributed by atoms with Crippen LogP contribution in [0, 0.1) is 11.2 Å². The van der Waals surface area contributed by atoms with Crippen LogP contribution in [0.4, 0.5) is 4.39 Å². The minimum absolute atomic E-state index is 0.0420. The Labute approximate surface area is 183 Å². The van der Waals surface area contributed by atoms with E-state index in [1.54, 1.807) is 0 Å². The van der Waals surface area contributed by atoms with Gasteiger partial charge in [0.2, 0.25) is 0 Å². The zero-order valence-corrected chi connectivity index (χ0v) is 17.9. The van der Waals surface area contributed by atoms with Crippen molar-refractivity contribution in [2.24, 2.45) is 5.41 Å². The molecule has 2 aliphatic heterocycles. The molecule has 2 heterocycles. The quantitative estimate of drug-likeness (QED) is 0.720. The van der Waals surface area contributed by atoms with Gasteiger partial charge < -0.3 is 10.6 Å². The summed E-state index contributed by atoms with van der Waals surface area (Å²) in [6.07, 6.45) is 13.6. The van der Waals surface area contributed by atoms with Crippen molar-refractivity contribution in [3.8, 4) is 0 Å². The summed E-state index contributed by atoms with van der Waals surface area (Å²) in [7, 11) is 0. The monoisotopic (exact) mass is 419 g/mol. The molecule has 2 atom stereocenters. The molecule has 1 fully saturated rings. The van der Waals surface area contributed by atoms with E-state index in [0.29, 0.717) is 11.5 Å². The fraction of sp³-hybridized carbons (Fsp3) is 0.500. The highest BCUT2D eigenvalue weighted by Crippen LogP contribution is 2.57. The van der Waals surface area contributed by atoms with E-state index in [-0.39, 0.29) is 17.9 Å². The van der Waals surface area contributed by atoms with E-state index in [9.17, 15) is 9.18 Å². The van der Waals surface area contributed by atoms with Crippen molar-refractivity contribution in [2.75, 3.05) is 13.1 Å². The average Bonchev–Trinajstić information content (AvgIpc) is 3.35. The Hall–Kier alpha value is -2.40. The normalized spacial score (nSPS) is 29.8. The van der Waals surface area contributed by atoms with E-state index >= 15 is 0 Å². The summed E-state index contributed by atoms with van der Waals surface area (Å²) >= 11 is 0. The Kier molecular flexibility index (Phi) is 4.57. The van der Waals surface area contributed by atoms with Gasteiger partial charge in [-0.15, -0.1) is 0 Å². The second-order valence-electron chi connectivity index (χ2n) is 10.0. The highest BCUT2D eigenvalue weighted by Gasteiger charge is 2.48. The summed E-state index contributed by atoms with van der Waals surface area (Å²) in [5, 5.41) is 6.91. The Bertz CT molecular complexity index is 1000. The third-order valence-corrected chi connectivity index (χ3v) is 8.08. The van der Waals surface area contributed by atoms with Crippen molar-refractivity contribution in [3.63, 3.8) is 0 Å². The van der Waals surface area contributed by atoms with Crippen LogP contribution in [0.1, 0.15) is 56.9 Å². The summed E-state index contributed by atoms with van der Waals surface area (Å²) in [5.74, 6) is -0.0316. The Morgan fingerprint density at radius 3 is 2.61 bits per heavy atom. The molecule has 1 aromatic rings. The molecule has 1 unspecified atom stereocenters. The van der Waals surface area contributed by atoms with Gasteiger partial charge in [-0.1, -0.05) is 24.3 Å². The van der Waals surface area contributed by atoms with E-state index in [2.05, 4.69) is 27.7 Å². The number of nitrogens with one attached hydrogen (secondary N) is 2. The molecule has 0 radical (unpaired) electrons. The summed E-state index contributed by atoms with van der Waals surface area (Å²) in [6.45, 7) is 1.93. The fourth-order valence-corrected chi connectivity index (χ4v) is 5.87. The maximum Gasteiger partial charge on any atom is 0.250 e. The Morgan fingerprint density at radius 1 is 1.03 bits per heavy atom. The van der Waals surface area contributed by atoms with Crippen LogP contribution < -0.4 is 10.6 Å². The average molecular weight is 420 g/mol. The van der Waals surface area contributed by atoms with Crippen molar-refractivity contribution in [1.29, 1.82) is 0 Å². The molecule has 0 saturated heterocycles. The number of benzene rings is 1. The number of amides is 1. The number of halogens is 1. The number of carbonyl (C=O) groups is 1. The lowest BCUT2D eigenvalue weighted by molar-refractivity contribution is -0.119.